The molecule has 0 amide bonds. The van der Waals surface area contributed by atoms with Gasteiger partial charge in [0.1, 0.15) is 5.75 Å². The number of alkyl halides is 3. The lowest BCUT2D eigenvalue weighted by atomic mass is 10.1. The molecule has 0 saturated carbocycles. The standard InChI is InChI=1S/C8H8ClF2NO/c1-4-7(13)6(8(10)11)5(2-9)3-12-4/h3,8,13H,2H2,1H3. The number of halogens is 3. The van der Waals surface area contributed by atoms with Crippen LogP contribution >= 0.6 is 11.6 Å². The molecule has 0 aliphatic rings. The van der Waals surface area contributed by atoms with Crippen molar-refractivity contribution in [3.8, 4) is 5.75 Å². The van der Waals surface area contributed by atoms with Crippen LogP contribution in [0.4, 0.5) is 8.78 Å². The molecule has 0 saturated heterocycles. The smallest absolute Gasteiger partial charge is 0.267 e. The minimum atomic E-state index is -2.73. The average molecular weight is 208 g/mol. The highest BCUT2D eigenvalue weighted by Gasteiger charge is 2.19. The summed E-state index contributed by atoms with van der Waals surface area (Å²) >= 11 is 5.42. The average Bonchev–Trinajstić information content (AvgIpc) is 2.08. The summed E-state index contributed by atoms with van der Waals surface area (Å²) in [6.45, 7) is 1.46. The zero-order chi connectivity index (χ0) is 10.0. The van der Waals surface area contributed by atoms with Gasteiger partial charge in [-0.25, -0.2) is 8.78 Å². The molecule has 1 aromatic rings. The molecule has 2 nitrogen and oxygen atoms in total. The maximum atomic E-state index is 12.4. The number of hydrogen-bond acceptors (Lipinski definition) is 2. The fraction of sp³-hybridized carbons (Fsp3) is 0.375. The van der Waals surface area contributed by atoms with Gasteiger partial charge in [0.25, 0.3) is 6.43 Å². The van der Waals surface area contributed by atoms with E-state index < -0.39 is 17.7 Å². The second kappa shape index (κ2) is 3.87. The first-order chi connectivity index (χ1) is 6.07. The van der Waals surface area contributed by atoms with Gasteiger partial charge in [-0.05, 0) is 12.5 Å². The van der Waals surface area contributed by atoms with E-state index in [9.17, 15) is 13.9 Å². The van der Waals surface area contributed by atoms with E-state index in [1.165, 1.54) is 13.1 Å². The Hall–Kier alpha value is -0.900. The fourth-order valence-electron chi connectivity index (χ4n) is 1.00. The van der Waals surface area contributed by atoms with Crippen molar-refractivity contribution in [3.63, 3.8) is 0 Å². The van der Waals surface area contributed by atoms with Crippen LogP contribution in [0.1, 0.15) is 23.2 Å². The van der Waals surface area contributed by atoms with Crippen LogP contribution in [0.3, 0.4) is 0 Å². The van der Waals surface area contributed by atoms with Gasteiger partial charge in [-0.3, -0.25) is 4.98 Å². The lowest BCUT2D eigenvalue weighted by molar-refractivity contribution is 0.146. The number of aromatic nitrogens is 1. The maximum absolute atomic E-state index is 12.4. The van der Waals surface area contributed by atoms with Gasteiger partial charge in [-0.15, -0.1) is 11.6 Å². The molecule has 72 valence electrons. The van der Waals surface area contributed by atoms with Gasteiger partial charge >= 0.3 is 0 Å². The van der Waals surface area contributed by atoms with Gasteiger partial charge in [0.2, 0.25) is 0 Å². The molecule has 0 aliphatic carbocycles. The zero-order valence-electron chi connectivity index (χ0n) is 6.89. The molecule has 0 radical (unpaired) electrons. The largest absolute Gasteiger partial charge is 0.506 e. The summed E-state index contributed by atoms with van der Waals surface area (Å²) in [5.74, 6) is -0.547. The van der Waals surface area contributed by atoms with E-state index in [0.717, 1.165) is 0 Å². The summed E-state index contributed by atoms with van der Waals surface area (Å²) in [7, 11) is 0. The van der Waals surface area contributed by atoms with E-state index in [0.29, 0.717) is 0 Å². The monoisotopic (exact) mass is 207 g/mol. The molecule has 5 heteroatoms. The van der Waals surface area contributed by atoms with E-state index in [-0.39, 0.29) is 17.1 Å². The Morgan fingerprint density at radius 2 is 2.23 bits per heavy atom. The van der Waals surface area contributed by atoms with Gasteiger partial charge < -0.3 is 5.11 Å². The molecular weight excluding hydrogens is 200 g/mol. The summed E-state index contributed by atoms with van der Waals surface area (Å²) in [5, 5.41) is 9.28. The number of pyridine rings is 1. The molecule has 0 bridgehead atoms. The van der Waals surface area contributed by atoms with E-state index in [4.69, 9.17) is 11.6 Å². The number of hydrogen-bond donors (Lipinski definition) is 1. The fourth-order valence-corrected chi connectivity index (χ4v) is 1.22. The third kappa shape index (κ3) is 1.88. The first kappa shape index (κ1) is 10.2. The van der Waals surface area contributed by atoms with Gasteiger partial charge in [-0.1, -0.05) is 0 Å². The Balaban J connectivity index is 3.32. The molecule has 0 fully saturated rings. The van der Waals surface area contributed by atoms with E-state index in [1.54, 1.807) is 0 Å². The van der Waals surface area contributed by atoms with Crippen molar-refractivity contribution in [2.75, 3.05) is 0 Å². The summed E-state index contributed by atoms with van der Waals surface area (Å²) in [5.41, 5.74) is -0.0635. The van der Waals surface area contributed by atoms with Gasteiger partial charge in [0.15, 0.2) is 0 Å². The van der Waals surface area contributed by atoms with Crippen molar-refractivity contribution in [2.45, 2.75) is 19.2 Å². The molecule has 1 aromatic heterocycles. The first-order valence-electron chi connectivity index (χ1n) is 3.59. The SMILES string of the molecule is Cc1ncc(CCl)c(C(F)F)c1O. The van der Waals surface area contributed by atoms with Gasteiger partial charge in [-0.2, -0.15) is 0 Å². The predicted molar refractivity (Wildman–Crippen MR) is 45.2 cm³/mol. The van der Waals surface area contributed by atoms with Gasteiger partial charge in [0.05, 0.1) is 11.3 Å². The quantitative estimate of drug-likeness (QED) is 0.757. The van der Waals surface area contributed by atoms with Crippen molar-refractivity contribution in [2.24, 2.45) is 0 Å². The lowest BCUT2D eigenvalue weighted by Gasteiger charge is -2.09. The highest BCUT2D eigenvalue weighted by atomic mass is 35.5. The highest BCUT2D eigenvalue weighted by Crippen LogP contribution is 2.33. The molecule has 1 N–H and O–H groups in total. The first-order valence-corrected chi connectivity index (χ1v) is 4.12. The van der Waals surface area contributed by atoms with Crippen molar-refractivity contribution < 1.29 is 13.9 Å². The molecule has 13 heavy (non-hydrogen) atoms. The molecule has 0 unspecified atom stereocenters. The molecule has 0 atom stereocenters. The van der Waals surface area contributed by atoms with Crippen molar-refractivity contribution in [1.82, 2.24) is 4.98 Å². The van der Waals surface area contributed by atoms with Crippen LogP contribution in [0.25, 0.3) is 0 Å². The highest BCUT2D eigenvalue weighted by molar-refractivity contribution is 6.17. The van der Waals surface area contributed by atoms with Crippen LogP contribution < -0.4 is 0 Å². The third-order valence-electron chi connectivity index (χ3n) is 1.72. The second-order valence-corrected chi connectivity index (χ2v) is 2.83. The van der Waals surface area contributed by atoms with E-state index in [1.807, 2.05) is 0 Å². The van der Waals surface area contributed by atoms with Crippen molar-refractivity contribution >= 4 is 11.6 Å². The van der Waals surface area contributed by atoms with Crippen LogP contribution in [0, 0.1) is 6.92 Å². The summed E-state index contributed by atoms with van der Waals surface area (Å²) < 4.78 is 24.8. The van der Waals surface area contributed by atoms with Crippen LogP contribution in [0.15, 0.2) is 6.20 Å². The molecule has 0 aromatic carbocycles. The van der Waals surface area contributed by atoms with E-state index in [2.05, 4.69) is 4.98 Å². The Bertz CT molecular complexity index is 317. The maximum Gasteiger partial charge on any atom is 0.267 e. The topological polar surface area (TPSA) is 33.1 Å². The Morgan fingerprint density at radius 1 is 1.62 bits per heavy atom. The minimum absolute atomic E-state index is 0.0828. The van der Waals surface area contributed by atoms with Crippen LogP contribution in [0.2, 0.25) is 0 Å². The number of rotatable bonds is 2. The van der Waals surface area contributed by atoms with Crippen LogP contribution in [0.5, 0.6) is 5.75 Å². The zero-order valence-corrected chi connectivity index (χ0v) is 7.65. The van der Waals surface area contributed by atoms with E-state index >= 15 is 0 Å². The second-order valence-electron chi connectivity index (χ2n) is 2.57. The third-order valence-corrected chi connectivity index (χ3v) is 2.01. The molecule has 1 heterocycles. The minimum Gasteiger partial charge on any atom is -0.506 e. The number of aryl methyl sites for hydroxylation is 1. The van der Waals surface area contributed by atoms with Crippen LogP contribution in [-0.2, 0) is 5.88 Å². The summed E-state index contributed by atoms with van der Waals surface area (Å²) in [4.78, 5) is 3.72. The predicted octanol–water partition coefficient (Wildman–Crippen LogP) is 2.77. The molecular formula is C8H8ClF2NO. The van der Waals surface area contributed by atoms with Gasteiger partial charge in [0, 0.05) is 12.1 Å². The normalized spacial score (nSPS) is 10.8. The number of nitrogens with zero attached hydrogens (tertiary/aromatic N) is 1. The molecule has 0 aliphatic heterocycles. The van der Waals surface area contributed by atoms with Crippen LogP contribution in [-0.4, -0.2) is 10.1 Å². The molecule has 1 rings (SSSR count). The lowest BCUT2D eigenvalue weighted by Crippen LogP contribution is -1.97. The Labute approximate surface area is 79.2 Å². The molecule has 0 spiro atoms. The Morgan fingerprint density at radius 3 is 2.69 bits per heavy atom. The number of aromatic hydroxyl groups is 1. The summed E-state index contributed by atoms with van der Waals surface area (Å²) in [6, 6.07) is 0. The Kier molecular flexibility index (Phi) is 3.03. The van der Waals surface area contributed by atoms with Crippen molar-refractivity contribution in [3.05, 3.63) is 23.0 Å². The summed E-state index contributed by atoms with van der Waals surface area (Å²) in [6.07, 6.45) is -1.47. The van der Waals surface area contributed by atoms with Crippen molar-refractivity contribution in [1.29, 1.82) is 0 Å².